The van der Waals surface area contributed by atoms with E-state index in [9.17, 15) is 9.59 Å². The smallest absolute Gasteiger partial charge is 0.258 e. The van der Waals surface area contributed by atoms with Crippen LogP contribution in [0.4, 0.5) is 5.69 Å². The van der Waals surface area contributed by atoms with E-state index in [2.05, 4.69) is 21.3 Å². The highest BCUT2D eigenvalue weighted by Crippen LogP contribution is 2.35. The summed E-state index contributed by atoms with van der Waals surface area (Å²) in [5, 5.41) is 3.11. The highest BCUT2D eigenvalue weighted by molar-refractivity contribution is 6.06. The molecule has 168 valence electrons. The Morgan fingerprint density at radius 3 is 2.55 bits per heavy atom. The number of hydrogen-bond donors (Lipinski definition) is 1. The zero-order valence-electron chi connectivity index (χ0n) is 18.6. The molecule has 2 atom stereocenters. The number of hydrogen-bond acceptors (Lipinski definition) is 4. The van der Waals surface area contributed by atoms with Gasteiger partial charge in [0.15, 0.2) is 0 Å². The van der Waals surface area contributed by atoms with Crippen molar-refractivity contribution in [1.82, 2.24) is 15.2 Å². The van der Waals surface area contributed by atoms with Gasteiger partial charge in [-0.25, -0.2) is 0 Å². The fourth-order valence-electron chi connectivity index (χ4n) is 4.99. The van der Waals surface area contributed by atoms with Crippen LogP contribution in [0, 0.1) is 0 Å². The summed E-state index contributed by atoms with van der Waals surface area (Å²) in [6, 6.07) is 23.8. The van der Waals surface area contributed by atoms with E-state index in [-0.39, 0.29) is 23.9 Å². The minimum Gasteiger partial charge on any atom is -0.354 e. The molecule has 3 heterocycles. The predicted octanol–water partition coefficient (Wildman–Crippen LogP) is 3.43. The number of nitrogens with one attached hydrogen (secondary N) is 1. The number of carbonyl (C=O) groups is 2. The van der Waals surface area contributed by atoms with E-state index in [1.165, 1.54) is 0 Å². The van der Waals surface area contributed by atoms with Crippen LogP contribution in [0.25, 0.3) is 0 Å². The van der Waals surface area contributed by atoms with E-state index < -0.39 is 0 Å². The minimum atomic E-state index is -0.00625. The molecule has 1 aromatic heterocycles. The molecule has 2 amide bonds. The van der Waals surface area contributed by atoms with Gasteiger partial charge in [0.2, 0.25) is 5.91 Å². The van der Waals surface area contributed by atoms with Crippen molar-refractivity contribution in [1.29, 1.82) is 0 Å². The van der Waals surface area contributed by atoms with Crippen molar-refractivity contribution < 1.29 is 9.59 Å². The molecule has 2 aliphatic rings. The van der Waals surface area contributed by atoms with Gasteiger partial charge in [0.1, 0.15) is 0 Å². The van der Waals surface area contributed by atoms with Gasteiger partial charge in [0, 0.05) is 54.9 Å². The van der Waals surface area contributed by atoms with E-state index in [1.54, 1.807) is 6.20 Å². The van der Waals surface area contributed by atoms with Crippen LogP contribution in [0.1, 0.15) is 34.5 Å². The van der Waals surface area contributed by atoms with E-state index in [4.69, 9.17) is 0 Å². The fraction of sp³-hybridized carbons (Fsp3) is 0.296. The van der Waals surface area contributed by atoms with Crippen LogP contribution in [0.3, 0.4) is 0 Å². The summed E-state index contributed by atoms with van der Waals surface area (Å²) in [6.07, 6.45) is 4.01. The van der Waals surface area contributed by atoms with Gasteiger partial charge in [0.25, 0.3) is 5.91 Å². The lowest BCUT2D eigenvalue weighted by atomic mass is 10.1. The molecular weight excluding hydrogens is 412 g/mol. The summed E-state index contributed by atoms with van der Waals surface area (Å²) in [5.74, 6) is 0.0327. The summed E-state index contributed by atoms with van der Waals surface area (Å²) in [4.78, 5) is 34.5. The van der Waals surface area contributed by atoms with E-state index in [0.717, 1.165) is 36.3 Å². The number of pyridine rings is 1. The third-order valence-electron chi connectivity index (χ3n) is 6.67. The van der Waals surface area contributed by atoms with Crippen molar-refractivity contribution >= 4 is 17.5 Å². The van der Waals surface area contributed by atoms with Crippen molar-refractivity contribution in [2.75, 3.05) is 18.0 Å². The van der Waals surface area contributed by atoms with Gasteiger partial charge in [-0.15, -0.1) is 0 Å². The van der Waals surface area contributed by atoms with Gasteiger partial charge in [0.05, 0.1) is 6.42 Å². The van der Waals surface area contributed by atoms with Crippen LogP contribution >= 0.6 is 0 Å². The van der Waals surface area contributed by atoms with Crippen molar-refractivity contribution in [2.24, 2.45) is 0 Å². The number of rotatable bonds is 5. The number of amides is 2. The van der Waals surface area contributed by atoms with Crippen LogP contribution in [0.5, 0.6) is 0 Å². The zero-order valence-corrected chi connectivity index (χ0v) is 18.6. The van der Waals surface area contributed by atoms with Gasteiger partial charge >= 0.3 is 0 Å². The highest BCUT2D eigenvalue weighted by Gasteiger charge is 2.38. The molecule has 0 spiro atoms. The number of para-hydroxylation sites is 1. The Labute approximate surface area is 194 Å². The number of nitrogens with zero attached hydrogens (tertiary/aromatic N) is 3. The van der Waals surface area contributed by atoms with Gasteiger partial charge in [-0.1, -0.05) is 42.5 Å². The molecule has 2 aromatic carbocycles. The van der Waals surface area contributed by atoms with Gasteiger partial charge in [-0.3, -0.25) is 19.5 Å². The third kappa shape index (κ3) is 4.66. The molecule has 0 bridgehead atoms. The summed E-state index contributed by atoms with van der Waals surface area (Å²) >= 11 is 0. The van der Waals surface area contributed by atoms with Gasteiger partial charge in [-0.2, -0.15) is 0 Å². The van der Waals surface area contributed by atoms with Crippen LogP contribution in [0.2, 0.25) is 0 Å². The van der Waals surface area contributed by atoms with Gasteiger partial charge < -0.3 is 10.2 Å². The average Bonchev–Trinajstić information content (AvgIpc) is 3.15. The summed E-state index contributed by atoms with van der Waals surface area (Å²) in [5.41, 5.74) is 3.62. The van der Waals surface area contributed by atoms with Crippen LogP contribution in [-0.2, 0) is 17.8 Å². The molecule has 2 aliphatic heterocycles. The fourth-order valence-corrected chi connectivity index (χ4v) is 4.99. The van der Waals surface area contributed by atoms with Crippen LogP contribution < -0.4 is 10.2 Å². The molecule has 2 unspecified atom stereocenters. The number of benzene rings is 2. The second-order valence-electron chi connectivity index (χ2n) is 8.77. The number of fused-ring (bicyclic) bond motifs is 2. The van der Waals surface area contributed by atoms with Crippen molar-refractivity contribution in [3.05, 3.63) is 95.8 Å². The lowest BCUT2D eigenvalue weighted by Gasteiger charge is -2.29. The largest absolute Gasteiger partial charge is 0.354 e. The third-order valence-corrected chi connectivity index (χ3v) is 6.67. The predicted molar refractivity (Wildman–Crippen MR) is 128 cm³/mol. The summed E-state index contributed by atoms with van der Waals surface area (Å²) in [7, 11) is 0. The van der Waals surface area contributed by atoms with E-state index >= 15 is 0 Å². The molecule has 1 fully saturated rings. The number of anilines is 1. The first-order valence-corrected chi connectivity index (χ1v) is 11.6. The molecule has 1 saturated heterocycles. The second-order valence-corrected chi connectivity index (χ2v) is 8.77. The first kappa shape index (κ1) is 21.3. The minimum absolute atomic E-state index is 0.00625. The Bertz CT molecular complexity index is 1120. The molecule has 6 nitrogen and oxygen atoms in total. The molecule has 33 heavy (non-hydrogen) atoms. The Morgan fingerprint density at radius 1 is 0.939 bits per heavy atom. The first-order valence-electron chi connectivity index (χ1n) is 11.6. The molecule has 0 saturated carbocycles. The molecule has 1 N–H and O–H groups in total. The number of carbonyl (C=O) groups excluding carboxylic acids is 2. The standard InChI is InChI=1S/C27H28N4O2/c32-26(16-22-11-6-7-15-28-22)29-17-23-13-14-24-19-31(27(33)20-8-2-1-3-9-20)25-12-5-4-10-21(25)18-30(23)24/h1-12,15,23-24H,13-14,16-19H2,(H,29,32). The van der Waals surface area contributed by atoms with Crippen LogP contribution in [-0.4, -0.2) is 46.9 Å². The maximum absolute atomic E-state index is 13.4. The molecule has 0 aliphatic carbocycles. The molecule has 3 aromatic rings. The van der Waals surface area contributed by atoms with Crippen LogP contribution in [0.15, 0.2) is 79.0 Å². The average molecular weight is 441 g/mol. The molecule has 6 heteroatoms. The summed E-state index contributed by atoms with van der Waals surface area (Å²) < 4.78 is 0. The van der Waals surface area contributed by atoms with Crippen molar-refractivity contribution in [3.63, 3.8) is 0 Å². The zero-order chi connectivity index (χ0) is 22.6. The molecular formula is C27H28N4O2. The topological polar surface area (TPSA) is 65.5 Å². The van der Waals surface area contributed by atoms with E-state index in [0.29, 0.717) is 25.1 Å². The lowest BCUT2D eigenvalue weighted by molar-refractivity contribution is -0.120. The first-order chi connectivity index (χ1) is 16.2. The van der Waals surface area contributed by atoms with Crippen molar-refractivity contribution in [3.8, 4) is 0 Å². The van der Waals surface area contributed by atoms with E-state index in [1.807, 2.05) is 71.6 Å². The van der Waals surface area contributed by atoms with Crippen molar-refractivity contribution in [2.45, 2.75) is 37.9 Å². The second kappa shape index (κ2) is 9.55. The molecule has 0 radical (unpaired) electrons. The maximum atomic E-state index is 13.4. The summed E-state index contributed by atoms with van der Waals surface area (Å²) in [6.45, 7) is 2.04. The molecule has 5 rings (SSSR count). The highest BCUT2D eigenvalue weighted by atomic mass is 16.2. The SMILES string of the molecule is O=C(Cc1ccccn1)NCC1CCC2CN(C(=O)c3ccccc3)c3ccccc3CN12. The Morgan fingerprint density at radius 2 is 1.73 bits per heavy atom. The Balaban J connectivity index is 1.31. The monoisotopic (exact) mass is 440 g/mol. The van der Waals surface area contributed by atoms with Gasteiger partial charge in [-0.05, 0) is 48.7 Å². The normalized spacial score (nSPS) is 19.9. The Hall–Kier alpha value is -3.51. The lowest BCUT2D eigenvalue weighted by Crippen LogP contribution is -2.46. The number of aromatic nitrogens is 1. The maximum Gasteiger partial charge on any atom is 0.258 e. The quantitative estimate of drug-likeness (QED) is 0.660. The Kier molecular flexibility index (Phi) is 6.17.